The Bertz CT molecular complexity index is 819. The topological polar surface area (TPSA) is 49.0 Å². The van der Waals surface area contributed by atoms with Crippen LogP contribution in [0.5, 0.6) is 0 Å². The Morgan fingerprint density at radius 1 is 1.05 bits per heavy atom. The quantitative estimate of drug-likeness (QED) is 0.802. The molecule has 0 radical (unpaired) electrons. The molecule has 0 bridgehead atoms. The molecule has 4 heteroatoms. The zero-order chi connectivity index (χ0) is 14.8. The van der Waals surface area contributed by atoms with Gasteiger partial charge in [0, 0.05) is 6.54 Å². The van der Waals surface area contributed by atoms with Crippen LogP contribution in [0.1, 0.15) is 5.56 Å². The van der Waals surface area contributed by atoms with Crippen LogP contribution in [0.3, 0.4) is 0 Å². The number of benzene rings is 2. The monoisotopic (exact) mass is 279 g/mol. The Morgan fingerprint density at radius 2 is 1.76 bits per heavy atom. The van der Waals surface area contributed by atoms with E-state index in [-0.39, 0.29) is 5.56 Å². The van der Waals surface area contributed by atoms with E-state index in [1.165, 1.54) is 11.9 Å². The van der Waals surface area contributed by atoms with Gasteiger partial charge in [0.2, 0.25) is 0 Å². The van der Waals surface area contributed by atoms with Gasteiger partial charge in [-0.05, 0) is 42.9 Å². The molecule has 3 rings (SSSR count). The summed E-state index contributed by atoms with van der Waals surface area (Å²) in [4.78, 5) is 20.7. The summed E-state index contributed by atoms with van der Waals surface area (Å²) < 4.78 is 0. The molecule has 0 spiro atoms. The molecule has 1 heterocycles. The van der Waals surface area contributed by atoms with Crippen LogP contribution in [0.4, 0.5) is 0 Å². The summed E-state index contributed by atoms with van der Waals surface area (Å²) in [6.45, 7) is 0.918. The Balaban J connectivity index is 2.00. The van der Waals surface area contributed by atoms with Crippen molar-refractivity contribution in [2.45, 2.75) is 6.54 Å². The molecule has 3 aromatic rings. The molecule has 2 aromatic carbocycles. The van der Waals surface area contributed by atoms with E-state index in [0.717, 1.165) is 17.7 Å². The second-order valence-corrected chi connectivity index (χ2v) is 5.40. The maximum atomic E-state index is 11.8. The fraction of sp³-hybridized carbons (Fsp3) is 0.176. The van der Waals surface area contributed by atoms with Crippen molar-refractivity contribution in [2.24, 2.45) is 0 Å². The van der Waals surface area contributed by atoms with Crippen LogP contribution < -0.4 is 5.56 Å². The Kier molecular flexibility index (Phi) is 3.54. The van der Waals surface area contributed by atoms with Gasteiger partial charge in [-0.1, -0.05) is 30.3 Å². The molecule has 0 saturated heterocycles. The summed E-state index contributed by atoms with van der Waals surface area (Å²) in [5.41, 5.74) is 4.00. The molecule has 0 saturated carbocycles. The fourth-order valence-electron chi connectivity index (χ4n) is 2.42. The van der Waals surface area contributed by atoms with Gasteiger partial charge >= 0.3 is 0 Å². The van der Waals surface area contributed by atoms with Crippen molar-refractivity contribution in [1.29, 1.82) is 0 Å². The highest BCUT2D eigenvalue weighted by Crippen LogP contribution is 2.22. The number of rotatable bonds is 3. The lowest BCUT2D eigenvalue weighted by atomic mass is 10.0. The largest absolute Gasteiger partial charge is 0.313 e. The van der Waals surface area contributed by atoms with Crippen LogP contribution >= 0.6 is 0 Å². The van der Waals surface area contributed by atoms with Crippen LogP contribution in [0.25, 0.3) is 22.0 Å². The number of hydrogen-bond acceptors (Lipinski definition) is 3. The summed E-state index contributed by atoms with van der Waals surface area (Å²) in [6, 6.07) is 14.2. The Morgan fingerprint density at radius 3 is 2.48 bits per heavy atom. The average Bonchev–Trinajstić information content (AvgIpc) is 2.48. The minimum Gasteiger partial charge on any atom is -0.313 e. The first-order chi connectivity index (χ1) is 10.1. The van der Waals surface area contributed by atoms with Gasteiger partial charge in [0.1, 0.15) is 0 Å². The van der Waals surface area contributed by atoms with Gasteiger partial charge in [0.25, 0.3) is 5.56 Å². The molecule has 0 aliphatic rings. The molecule has 0 atom stereocenters. The molecule has 21 heavy (non-hydrogen) atoms. The molecule has 0 amide bonds. The van der Waals surface area contributed by atoms with E-state index in [9.17, 15) is 4.79 Å². The number of aromatic amines is 1. The highest BCUT2D eigenvalue weighted by molar-refractivity contribution is 5.83. The number of fused-ring (bicyclic) bond motifs is 1. The van der Waals surface area contributed by atoms with Crippen molar-refractivity contribution in [3.63, 3.8) is 0 Å². The lowest BCUT2D eigenvalue weighted by Gasteiger charge is -2.10. The average molecular weight is 279 g/mol. The summed E-state index contributed by atoms with van der Waals surface area (Å²) in [5, 5.41) is 0.618. The predicted octanol–water partition coefficient (Wildman–Crippen LogP) is 2.65. The lowest BCUT2D eigenvalue weighted by Crippen LogP contribution is -2.10. The van der Waals surface area contributed by atoms with Gasteiger partial charge in [-0.15, -0.1) is 0 Å². The molecular weight excluding hydrogens is 262 g/mol. The number of aromatic nitrogens is 2. The third-order valence-corrected chi connectivity index (χ3v) is 3.43. The third kappa shape index (κ3) is 2.85. The van der Waals surface area contributed by atoms with Crippen molar-refractivity contribution >= 4 is 10.9 Å². The minimum absolute atomic E-state index is 0.105. The first kappa shape index (κ1) is 13.5. The maximum Gasteiger partial charge on any atom is 0.258 e. The van der Waals surface area contributed by atoms with Crippen molar-refractivity contribution in [3.8, 4) is 11.1 Å². The summed E-state index contributed by atoms with van der Waals surface area (Å²) >= 11 is 0. The van der Waals surface area contributed by atoms with E-state index >= 15 is 0 Å². The molecule has 0 aliphatic heterocycles. The summed E-state index contributed by atoms with van der Waals surface area (Å²) in [6.07, 6.45) is 1.43. The van der Waals surface area contributed by atoms with Crippen LogP contribution in [0.2, 0.25) is 0 Å². The smallest absolute Gasteiger partial charge is 0.258 e. The zero-order valence-corrected chi connectivity index (χ0v) is 12.1. The predicted molar refractivity (Wildman–Crippen MR) is 85.2 cm³/mol. The normalized spacial score (nSPS) is 11.2. The van der Waals surface area contributed by atoms with E-state index in [2.05, 4.69) is 53.2 Å². The zero-order valence-electron chi connectivity index (χ0n) is 12.1. The van der Waals surface area contributed by atoms with Gasteiger partial charge < -0.3 is 9.88 Å². The van der Waals surface area contributed by atoms with Crippen molar-refractivity contribution in [2.75, 3.05) is 14.1 Å². The number of hydrogen-bond donors (Lipinski definition) is 1. The van der Waals surface area contributed by atoms with Crippen molar-refractivity contribution < 1.29 is 0 Å². The van der Waals surface area contributed by atoms with E-state index in [1.54, 1.807) is 0 Å². The van der Waals surface area contributed by atoms with E-state index in [0.29, 0.717) is 10.9 Å². The minimum atomic E-state index is -0.105. The van der Waals surface area contributed by atoms with Gasteiger partial charge in [-0.3, -0.25) is 4.79 Å². The molecule has 106 valence electrons. The van der Waals surface area contributed by atoms with E-state index in [4.69, 9.17) is 0 Å². The number of nitrogens with one attached hydrogen (secondary N) is 1. The number of nitrogens with zero attached hydrogens (tertiary/aromatic N) is 2. The maximum absolute atomic E-state index is 11.8. The molecule has 0 aliphatic carbocycles. The lowest BCUT2D eigenvalue weighted by molar-refractivity contribution is 0.402. The summed E-state index contributed by atoms with van der Waals surface area (Å²) in [5.74, 6) is 0. The Labute approximate surface area is 123 Å². The number of H-pyrrole nitrogens is 1. The second kappa shape index (κ2) is 5.50. The molecule has 1 N–H and O–H groups in total. The first-order valence-corrected chi connectivity index (χ1v) is 6.85. The molecule has 4 nitrogen and oxygen atoms in total. The SMILES string of the molecule is CN(C)Cc1ccc(-c2ccc3nc[nH]c(=O)c3c2)cc1. The van der Waals surface area contributed by atoms with Crippen molar-refractivity contribution in [3.05, 3.63) is 64.7 Å². The van der Waals surface area contributed by atoms with Gasteiger partial charge in [-0.2, -0.15) is 0 Å². The van der Waals surface area contributed by atoms with E-state index < -0.39 is 0 Å². The van der Waals surface area contributed by atoms with Gasteiger partial charge in [0.05, 0.1) is 17.2 Å². The molecule has 0 fully saturated rings. The van der Waals surface area contributed by atoms with E-state index in [1.807, 2.05) is 18.2 Å². The van der Waals surface area contributed by atoms with Crippen LogP contribution in [0, 0.1) is 0 Å². The highest BCUT2D eigenvalue weighted by Gasteiger charge is 2.04. The standard InChI is InChI=1S/C17H17N3O/c1-20(2)10-12-3-5-13(6-4-12)14-7-8-16-15(9-14)17(21)19-11-18-16/h3-9,11H,10H2,1-2H3,(H,18,19,21). The van der Waals surface area contributed by atoms with Crippen molar-refractivity contribution in [1.82, 2.24) is 14.9 Å². The van der Waals surface area contributed by atoms with Gasteiger partial charge in [0.15, 0.2) is 0 Å². The first-order valence-electron chi connectivity index (χ1n) is 6.85. The van der Waals surface area contributed by atoms with Gasteiger partial charge in [-0.25, -0.2) is 4.98 Å². The molecular formula is C17H17N3O. The van der Waals surface area contributed by atoms with Crippen LogP contribution in [-0.2, 0) is 6.54 Å². The van der Waals surface area contributed by atoms with Crippen LogP contribution in [-0.4, -0.2) is 29.0 Å². The summed E-state index contributed by atoms with van der Waals surface area (Å²) in [7, 11) is 4.10. The fourth-order valence-corrected chi connectivity index (χ4v) is 2.42. The Hall–Kier alpha value is -2.46. The second-order valence-electron chi connectivity index (χ2n) is 5.40. The van der Waals surface area contributed by atoms with Crippen LogP contribution in [0.15, 0.2) is 53.6 Å². The molecule has 0 unspecified atom stereocenters. The third-order valence-electron chi connectivity index (χ3n) is 3.43. The molecule has 1 aromatic heterocycles. The highest BCUT2D eigenvalue weighted by atomic mass is 16.1.